The number of nitrogens with zero attached hydrogens (tertiary/aromatic N) is 3. The molecule has 0 aromatic heterocycles. The van der Waals surface area contributed by atoms with Crippen LogP contribution in [0.25, 0.3) is 0 Å². The maximum absolute atomic E-state index is 12.4. The number of urea groups is 2. The third kappa shape index (κ3) is 3.41. The Balaban J connectivity index is 2.11. The van der Waals surface area contributed by atoms with E-state index in [1.807, 2.05) is 30.3 Å². The minimum Gasteiger partial charge on any atom is -0.350 e. The van der Waals surface area contributed by atoms with Crippen molar-refractivity contribution in [2.24, 2.45) is 5.73 Å². The van der Waals surface area contributed by atoms with Crippen molar-refractivity contribution < 1.29 is 14.4 Å². The van der Waals surface area contributed by atoms with Gasteiger partial charge in [-0.3, -0.25) is 10.2 Å². The molecule has 0 radical (unpaired) electrons. The van der Waals surface area contributed by atoms with Crippen molar-refractivity contribution in [3.05, 3.63) is 35.9 Å². The molecule has 1 saturated heterocycles. The van der Waals surface area contributed by atoms with Gasteiger partial charge in [0.25, 0.3) is 0 Å². The summed E-state index contributed by atoms with van der Waals surface area (Å²) in [4.78, 5) is 34.4. The van der Waals surface area contributed by atoms with Gasteiger partial charge in [-0.25, -0.2) is 24.6 Å². The summed E-state index contributed by atoms with van der Waals surface area (Å²) in [6.45, 7) is 0.969. The highest BCUT2D eigenvalue weighted by molar-refractivity contribution is 5.80. The van der Waals surface area contributed by atoms with Gasteiger partial charge in [-0.1, -0.05) is 30.3 Å². The summed E-state index contributed by atoms with van der Waals surface area (Å²) in [5.41, 5.74) is 8.44. The highest BCUT2D eigenvalue weighted by atomic mass is 16.2. The zero-order valence-electron chi connectivity index (χ0n) is 11.4. The van der Waals surface area contributed by atoms with E-state index in [2.05, 4.69) is 5.43 Å². The van der Waals surface area contributed by atoms with Crippen LogP contribution in [0.15, 0.2) is 30.3 Å². The minimum absolute atomic E-state index is 0.196. The summed E-state index contributed by atoms with van der Waals surface area (Å²) in [5, 5.41) is 3.55. The van der Waals surface area contributed by atoms with Gasteiger partial charge in [0.05, 0.1) is 6.54 Å². The third-order valence-electron chi connectivity index (χ3n) is 3.13. The molecular formula is C13H17N5O3. The summed E-state index contributed by atoms with van der Waals surface area (Å²) in [6, 6.07) is 8.02. The van der Waals surface area contributed by atoms with Gasteiger partial charge in [0, 0.05) is 13.1 Å². The highest BCUT2D eigenvalue weighted by Gasteiger charge is 2.32. The number of amides is 5. The second kappa shape index (κ2) is 6.60. The van der Waals surface area contributed by atoms with Crippen LogP contribution in [0, 0.1) is 0 Å². The number of carbonyl (C=O) groups excluding carboxylic acids is 3. The van der Waals surface area contributed by atoms with Crippen LogP contribution in [0.1, 0.15) is 12.0 Å². The zero-order chi connectivity index (χ0) is 15.2. The molecule has 8 heteroatoms. The van der Waals surface area contributed by atoms with Crippen molar-refractivity contribution in [3.63, 3.8) is 0 Å². The van der Waals surface area contributed by atoms with Gasteiger partial charge in [0.15, 0.2) is 0 Å². The first-order valence-corrected chi connectivity index (χ1v) is 6.53. The largest absolute Gasteiger partial charge is 0.357 e. The van der Waals surface area contributed by atoms with Crippen LogP contribution in [0.2, 0.25) is 0 Å². The van der Waals surface area contributed by atoms with Crippen molar-refractivity contribution in [2.75, 3.05) is 13.1 Å². The van der Waals surface area contributed by atoms with Crippen LogP contribution in [0.3, 0.4) is 0 Å². The number of nitrogens with two attached hydrogens (primary N) is 1. The van der Waals surface area contributed by atoms with E-state index in [0.29, 0.717) is 25.9 Å². The molecule has 0 atom stereocenters. The molecule has 2 rings (SSSR count). The molecule has 0 spiro atoms. The standard InChI is InChI=1S/C13H17N5O3/c14-12(20)17-7-4-8-18(17)13(21)16(15-10-19)9-11-5-2-1-3-6-11/h1-3,5-6,10H,4,7-9H2,(H2,14,20)(H,15,19). The molecule has 8 nitrogen and oxygen atoms in total. The van der Waals surface area contributed by atoms with Crippen LogP contribution >= 0.6 is 0 Å². The Morgan fingerprint density at radius 1 is 1.24 bits per heavy atom. The van der Waals surface area contributed by atoms with E-state index in [-0.39, 0.29) is 6.54 Å². The van der Waals surface area contributed by atoms with Gasteiger partial charge in [0.1, 0.15) is 0 Å². The third-order valence-corrected chi connectivity index (χ3v) is 3.13. The number of hydrogen-bond acceptors (Lipinski definition) is 3. The lowest BCUT2D eigenvalue weighted by Gasteiger charge is -2.31. The normalized spacial score (nSPS) is 13.9. The Labute approximate surface area is 122 Å². The summed E-state index contributed by atoms with van der Waals surface area (Å²) < 4.78 is 0. The summed E-state index contributed by atoms with van der Waals surface area (Å²) >= 11 is 0. The van der Waals surface area contributed by atoms with Crippen LogP contribution in [-0.4, -0.2) is 46.6 Å². The number of primary amides is 1. The van der Waals surface area contributed by atoms with E-state index in [1.54, 1.807) is 0 Å². The van der Waals surface area contributed by atoms with Crippen molar-refractivity contribution >= 4 is 18.5 Å². The Morgan fingerprint density at radius 2 is 1.90 bits per heavy atom. The summed E-state index contributed by atoms with van der Waals surface area (Å²) in [6.07, 6.45) is 1.07. The predicted molar refractivity (Wildman–Crippen MR) is 74.2 cm³/mol. The van der Waals surface area contributed by atoms with E-state index in [9.17, 15) is 14.4 Å². The molecule has 3 N–H and O–H groups in total. The van der Waals surface area contributed by atoms with Crippen LogP contribution < -0.4 is 11.2 Å². The van der Waals surface area contributed by atoms with Gasteiger partial charge in [-0.2, -0.15) is 0 Å². The van der Waals surface area contributed by atoms with Crippen LogP contribution in [-0.2, 0) is 11.3 Å². The van der Waals surface area contributed by atoms with Gasteiger partial charge in [-0.15, -0.1) is 0 Å². The van der Waals surface area contributed by atoms with Crippen molar-refractivity contribution in [3.8, 4) is 0 Å². The lowest BCUT2D eigenvalue weighted by Crippen LogP contribution is -2.55. The average Bonchev–Trinajstić information content (AvgIpc) is 2.97. The van der Waals surface area contributed by atoms with Gasteiger partial charge in [-0.05, 0) is 12.0 Å². The fraction of sp³-hybridized carbons (Fsp3) is 0.308. The molecule has 1 fully saturated rings. The topological polar surface area (TPSA) is 99.0 Å². The van der Waals surface area contributed by atoms with Crippen molar-refractivity contribution in [2.45, 2.75) is 13.0 Å². The van der Waals surface area contributed by atoms with E-state index in [4.69, 9.17) is 5.73 Å². The Hall–Kier alpha value is -2.77. The highest BCUT2D eigenvalue weighted by Crippen LogP contribution is 2.13. The molecule has 0 unspecified atom stereocenters. The summed E-state index contributed by atoms with van der Waals surface area (Å²) in [7, 11) is 0. The minimum atomic E-state index is -0.688. The second-order valence-electron chi connectivity index (χ2n) is 4.54. The molecule has 5 amide bonds. The number of benzene rings is 1. The SMILES string of the molecule is NC(=O)N1CCCN1C(=O)N(Cc1ccccc1)NC=O. The maximum atomic E-state index is 12.4. The number of rotatable bonds is 4. The lowest BCUT2D eigenvalue weighted by molar-refractivity contribution is -0.113. The van der Waals surface area contributed by atoms with Crippen molar-refractivity contribution in [1.82, 2.24) is 20.5 Å². The first-order valence-electron chi connectivity index (χ1n) is 6.53. The molecule has 112 valence electrons. The van der Waals surface area contributed by atoms with E-state index in [0.717, 1.165) is 10.6 Å². The van der Waals surface area contributed by atoms with Gasteiger partial charge in [0.2, 0.25) is 6.41 Å². The van der Waals surface area contributed by atoms with Gasteiger partial charge >= 0.3 is 12.1 Å². The second-order valence-corrected chi connectivity index (χ2v) is 4.54. The fourth-order valence-electron chi connectivity index (χ4n) is 2.18. The van der Waals surface area contributed by atoms with Crippen LogP contribution in [0.4, 0.5) is 9.59 Å². The number of nitrogens with one attached hydrogen (secondary N) is 1. The Kier molecular flexibility index (Phi) is 4.60. The van der Waals surface area contributed by atoms with E-state index in [1.165, 1.54) is 10.0 Å². The first-order chi connectivity index (χ1) is 10.1. The quantitative estimate of drug-likeness (QED) is 0.615. The van der Waals surface area contributed by atoms with E-state index >= 15 is 0 Å². The molecule has 1 heterocycles. The van der Waals surface area contributed by atoms with E-state index < -0.39 is 12.1 Å². The molecule has 1 aromatic carbocycles. The molecule has 0 saturated carbocycles. The molecule has 1 aromatic rings. The number of hydrazine groups is 2. The number of carbonyl (C=O) groups is 3. The average molecular weight is 291 g/mol. The fourth-order valence-corrected chi connectivity index (χ4v) is 2.18. The van der Waals surface area contributed by atoms with Crippen LogP contribution in [0.5, 0.6) is 0 Å². The smallest absolute Gasteiger partial charge is 0.350 e. The van der Waals surface area contributed by atoms with Gasteiger partial charge < -0.3 is 5.73 Å². The van der Waals surface area contributed by atoms with Crippen molar-refractivity contribution in [1.29, 1.82) is 0 Å². The molecular weight excluding hydrogens is 274 g/mol. The lowest BCUT2D eigenvalue weighted by atomic mass is 10.2. The molecule has 0 aliphatic carbocycles. The predicted octanol–water partition coefficient (Wildman–Crippen LogP) is 0.271. The molecule has 0 bridgehead atoms. The molecule has 1 aliphatic heterocycles. The molecule has 21 heavy (non-hydrogen) atoms. The number of hydrogen-bond donors (Lipinski definition) is 2. The Bertz CT molecular complexity index is 522. The Morgan fingerprint density at radius 3 is 2.52 bits per heavy atom. The summed E-state index contributed by atoms with van der Waals surface area (Å²) in [5.74, 6) is 0. The zero-order valence-corrected chi connectivity index (χ0v) is 11.4. The maximum Gasteiger partial charge on any atom is 0.357 e. The first kappa shape index (κ1) is 14.6. The monoisotopic (exact) mass is 291 g/mol. The molecule has 1 aliphatic rings.